The molecule has 0 amide bonds. The number of carbonyl (C=O) groups is 2. The maximum absolute atomic E-state index is 12.4. The number of fused-ring (bicyclic) bond motifs is 1. The van der Waals surface area contributed by atoms with Gasteiger partial charge in [-0.1, -0.05) is 23.7 Å². The number of benzene rings is 2. The van der Waals surface area contributed by atoms with E-state index < -0.39 is 12.1 Å². The van der Waals surface area contributed by atoms with Gasteiger partial charge in [0.25, 0.3) is 5.56 Å². The van der Waals surface area contributed by atoms with Crippen LogP contribution in [-0.4, -0.2) is 27.4 Å². The molecule has 0 aliphatic rings. The first-order valence-electron chi connectivity index (χ1n) is 7.89. The van der Waals surface area contributed by atoms with E-state index in [1.165, 1.54) is 13.3 Å². The Morgan fingerprint density at radius 1 is 1.15 bits per heavy atom. The van der Waals surface area contributed by atoms with Crippen LogP contribution in [0, 0.1) is 0 Å². The summed E-state index contributed by atoms with van der Waals surface area (Å²) < 4.78 is 6.32. The van der Waals surface area contributed by atoms with Crippen LogP contribution in [0.4, 0.5) is 0 Å². The normalized spacial score (nSPS) is 11.9. The molecule has 0 bridgehead atoms. The van der Waals surface area contributed by atoms with Crippen LogP contribution in [0.15, 0.2) is 59.7 Å². The Morgan fingerprint density at radius 3 is 2.58 bits per heavy atom. The average Bonchev–Trinajstić information content (AvgIpc) is 2.64. The second-order valence-corrected chi connectivity index (χ2v) is 6.13. The third kappa shape index (κ3) is 3.81. The van der Waals surface area contributed by atoms with E-state index in [1.54, 1.807) is 48.5 Å². The Labute approximate surface area is 154 Å². The summed E-state index contributed by atoms with van der Waals surface area (Å²) in [5.74, 6) is -1.04. The predicted molar refractivity (Wildman–Crippen MR) is 97.3 cm³/mol. The smallest absolute Gasteiger partial charge is 0.326 e. The minimum absolute atomic E-state index is 0.324. The Kier molecular flexibility index (Phi) is 5.14. The fourth-order valence-corrected chi connectivity index (χ4v) is 2.62. The van der Waals surface area contributed by atoms with Gasteiger partial charge in [-0.25, -0.2) is 4.98 Å². The lowest BCUT2D eigenvalue weighted by atomic mass is 10.1. The number of ether oxygens (including phenoxy) is 1. The Morgan fingerprint density at radius 2 is 1.85 bits per heavy atom. The number of nitrogens with zero attached hydrogens (tertiary/aromatic N) is 2. The Bertz CT molecular complexity index is 1030. The van der Waals surface area contributed by atoms with Gasteiger partial charge in [0.2, 0.25) is 5.78 Å². The fourth-order valence-electron chi connectivity index (χ4n) is 2.49. The van der Waals surface area contributed by atoms with E-state index in [4.69, 9.17) is 16.3 Å². The highest BCUT2D eigenvalue weighted by molar-refractivity contribution is 6.30. The Hall–Kier alpha value is -2.99. The second-order valence-electron chi connectivity index (χ2n) is 5.70. The average molecular weight is 371 g/mol. The molecule has 0 aliphatic heterocycles. The molecule has 0 N–H and O–H groups in total. The molecule has 7 heteroatoms. The number of Topliss-reactive ketones (excluding diaryl/α,β-unsaturated/α-hetero) is 1. The summed E-state index contributed by atoms with van der Waals surface area (Å²) in [5, 5.41) is 0.919. The van der Waals surface area contributed by atoms with Gasteiger partial charge in [0.1, 0.15) is 6.54 Å². The van der Waals surface area contributed by atoms with Crippen molar-refractivity contribution in [1.82, 2.24) is 9.55 Å². The van der Waals surface area contributed by atoms with Crippen LogP contribution >= 0.6 is 11.6 Å². The first-order valence-corrected chi connectivity index (χ1v) is 8.27. The number of ketones is 1. The van der Waals surface area contributed by atoms with Crippen LogP contribution < -0.4 is 5.56 Å². The predicted octanol–water partition coefficient (Wildman–Crippen LogP) is 2.86. The summed E-state index contributed by atoms with van der Waals surface area (Å²) >= 11 is 5.79. The molecular weight excluding hydrogens is 356 g/mol. The highest BCUT2D eigenvalue weighted by Gasteiger charge is 2.20. The topological polar surface area (TPSA) is 78.3 Å². The van der Waals surface area contributed by atoms with E-state index in [0.29, 0.717) is 21.5 Å². The van der Waals surface area contributed by atoms with E-state index in [0.717, 1.165) is 4.57 Å². The zero-order valence-corrected chi connectivity index (χ0v) is 14.6. The maximum atomic E-state index is 12.4. The molecule has 26 heavy (non-hydrogen) atoms. The quantitative estimate of drug-likeness (QED) is 0.509. The zero-order valence-electron chi connectivity index (χ0n) is 13.9. The lowest BCUT2D eigenvalue weighted by Gasteiger charge is -2.13. The molecule has 0 aliphatic carbocycles. The number of halogens is 1. The number of carbonyl (C=O) groups excluding carboxylic acids is 2. The molecule has 1 atom stereocenters. The second kappa shape index (κ2) is 7.49. The number of hydrogen-bond donors (Lipinski definition) is 0. The van der Waals surface area contributed by atoms with Crippen molar-refractivity contribution in [2.45, 2.75) is 19.6 Å². The van der Waals surface area contributed by atoms with Gasteiger partial charge in [-0.05, 0) is 43.3 Å². The third-order valence-electron chi connectivity index (χ3n) is 3.84. The van der Waals surface area contributed by atoms with E-state index in [1.807, 2.05) is 0 Å². The third-order valence-corrected chi connectivity index (χ3v) is 4.09. The number of hydrogen-bond acceptors (Lipinski definition) is 5. The van der Waals surface area contributed by atoms with Gasteiger partial charge >= 0.3 is 5.97 Å². The molecule has 0 radical (unpaired) electrons. The monoisotopic (exact) mass is 370 g/mol. The van der Waals surface area contributed by atoms with Gasteiger partial charge in [0, 0.05) is 10.6 Å². The number of rotatable bonds is 5. The molecule has 1 aromatic heterocycles. The van der Waals surface area contributed by atoms with Crippen molar-refractivity contribution in [2.75, 3.05) is 0 Å². The summed E-state index contributed by atoms with van der Waals surface area (Å²) in [6.07, 6.45) is 0.310. The lowest BCUT2D eigenvalue weighted by Crippen LogP contribution is -2.30. The minimum atomic E-state index is -0.979. The van der Waals surface area contributed by atoms with Crippen molar-refractivity contribution >= 4 is 34.3 Å². The number of esters is 1. The summed E-state index contributed by atoms with van der Waals surface area (Å²) in [7, 11) is 0. The van der Waals surface area contributed by atoms with Gasteiger partial charge < -0.3 is 4.74 Å². The summed E-state index contributed by atoms with van der Waals surface area (Å²) in [6.45, 7) is 1.16. The molecular formula is C19H15ClN2O4. The molecule has 0 fully saturated rings. The van der Waals surface area contributed by atoms with Gasteiger partial charge in [-0.2, -0.15) is 0 Å². The molecule has 3 aromatic rings. The molecule has 0 saturated heterocycles. The number of aromatic nitrogens is 2. The summed E-state index contributed by atoms with van der Waals surface area (Å²) in [5.41, 5.74) is 0.594. The van der Waals surface area contributed by atoms with Crippen LogP contribution in [0.1, 0.15) is 17.3 Å². The molecule has 2 aromatic carbocycles. The molecule has 0 spiro atoms. The van der Waals surface area contributed by atoms with Crippen molar-refractivity contribution in [3.63, 3.8) is 0 Å². The van der Waals surface area contributed by atoms with Gasteiger partial charge in [-0.15, -0.1) is 0 Å². The van der Waals surface area contributed by atoms with Gasteiger partial charge in [0.15, 0.2) is 6.10 Å². The highest BCUT2D eigenvalue weighted by atomic mass is 35.5. The van der Waals surface area contributed by atoms with Crippen molar-refractivity contribution in [3.05, 3.63) is 75.8 Å². The van der Waals surface area contributed by atoms with Crippen molar-refractivity contribution in [2.24, 2.45) is 0 Å². The SMILES string of the molecule is C[C@H](OC(=O)Cn1cnc2ccccc2c1=O)C(=O)c1ccc(Cl)cc1. The van der Waals surface area contributed by atoms with Crippen LogP contribution in [0.3, 0.4) is 0 Å². The van der Waals surface area contributed by atoms with Crippen LogP contribution in [-0.2, 0) is 16.1 Å². The van der Waals surface area contributed by atoms with E-state index in [-0.39, 0.29) is 17.9 Å². The summed E-state index contributed by atoms with van der Waals surface area (Å²) in [6, 6.07) is 13.1. The van der Waals surface area contributed by atoms with E-state index in [2.05, 4.69) is 4.98 Å². The lowest BCUT2D eigenvalue weighted by molar-refractivity contribution is -0.147. The molecule has 6 nitrogen and oxygen atoms in total. The highest BCUT2D eigenvalue weighted by Crippen LogP contribution is 2.12. The maximum Gasteiger partial charge on any atom is 0.326 e. The largest absolute Gasteiger partial charge is 0.453 e. The molecule has 3 rings (SSSR count). The molecule has 0 unspecified atom stereocenters. The van der Waals surface area contributed by atoms with Gasteiger partial charge in [0.05, 0.1) is 17.2 Å². The number of para-hydroxylation sites is 1. The first kappa shape index (κ1) is 17.8. The standard InChI is InChI=1S/C19H15ClN2O4/c1-12(18(24)13-6-8-14(20)9-7-13)26-17(23)10-22-11-21-16-5-3-2-4-15(16)19(22)25/h2-9,11-12H,10H2,1H3/t12-/m0/s1. The first-order chi connectivity index (χ1) is 12.5. The molecule has 132 valence electrons. The van der Waals surface area contributed by atoms with Crippen LogP contribution in [0.5, 0.6) is 0 Å². The molecule has 1 heterocycles. The van der Waals surface area contributed by atoms with E-state index in [9.17, 15) is 14.4 Å². The van der Waals surface area contributed by atoms with Crippen molar-refractivity contribution < 1.29 is 14.3 Å². The van der Waals surface area contributed by atoms with Crippen LogP contribution in [0.2, 0.25) is 5.02 Å². The fraction of sp³-hybridized carbons (Fsp3) is 0.158. The zero-order chi connectivity index (χ0) is 18.7. The van der Waals surface area contributed by atoms with Gasteiger partial charge in [-0.3, -0.25) is 19.0 Å². The molecule has 0 saturated carbocycles. The van der Waals surface area contributed by atoms with Crippen molar-refractivity contribution in [3.8, 4) is 0 Å². The van der Waals surface area contributed by atoms with Crippen molar-refractivity contribution in [1.29, 1.82) is 0 Å². The van der Waals surface area contributed by atoms with Crippen LogP contribution in [0.25, 0.3) is 10.9 Å². The summed E-state index contributed by atoms with van der Waals surface area (Å²) in [4.78, 5) is 40.9. The Balaban J connectivity index is 1.70. The van der Waals surface area contributed by atoms with E-state index >= 15 is 0 Å². The minimum Gasteiger partial charge on any atom is -0.453 e.